The van der Waals surface area contributed by atoms with Gasteiger partial charge in [-0.2, -0.15) is 0 Å². The van der Waals surface area contributed by atoms with Crippen molar-refractivity contribution in [2.24, 2.45) is 0 Å². The molecule has 0 spiro atoms. The van der Waals surface area contributed by atoms with Gasteiger partial charge in [0.15, 0.2) is 0 Å². The molecule has 16 heavy (non-hydrogen) atoms. The van der Waals surface area contributed by atoms with Crippen LogP contribution in [0, 0.1) is 6.92 Å². The van der Waals surface area contributed by atoms with Crippen LogP contribution in [0.1, 0.15) is 24.2 Å². The fourth-order valence-electron chi connectivity index (χ4n) is 2.06. The number of anilines is 1. The number of hydrogen-bond acceptors (Lipinski definition) is 4. The molecule has 1 aromatic heterocycles. The highest BCUT2D eigenvalue weighted by Crippen LogP contribution is 2.20. The van der Waals surface area contributed by atoms with Crippen molar-refractivity contribution < 1.29 is 5.11 Å². The van der Waals surface area contributed by atoms with Crippen molar-refractivity contribution in [2.45, 2.75) is 20.0 Å². The van der Waals surface area contributed by atoms with Gasteiger partial charge in [-0.05, 0) is 25.5 Å². The maximum absolute atomic E-state index is 9.54. The van der Waals surface area contributed by atoms with Gasteiger partial charge in [0.2, 0.25) is 0 Å². The third-order valence-electron chi connectivity index (χ3n) is 3.03. The maximum atomic E-state index is 9.54. The van der Waals surface area contributed by atoms with Crippen molar-refractivity contribution in [3.05, 3.63) is 23.4 Å². The van der Waals surface area contributed by atoms with Gasteiger partial charge in [-0.1, -0.05) is 0 Å². The van der Waals surface area contributed by atoms with Crippen molar-refractivity contribution in [2.75, 3.05) is 31.1 Å². The average Bonchev–Trinajstić information content (AvgIpc) is 2.29. The molecule has 1 fully saturated rings. The fourth-order valence-corrected chi connectivity index (χ4v) is 2.06. The molecule has 2 N–H and O–H groups in total. The number of piperazine rings is 1. The van der Waals surface area contributed by atoms with Gasteiger partial charge in [0.1, 0.15) is 5.82 Å². The smallest absolute Gasteiger partial charge is 0.128 e. The summed E-state index contributed by atoms with van der Waals surface area (Å²) in [5.41, 5.74) is 2.03. The molecule has 4 nitrogen and oxygen atoms in total. The van der Waals surface area contributed by atoms with Crippen LogP contribution in [0.2, 0.25) is 0 Å². The van der Waals surface area contributed by atoms with Gasteiger partial charge in [-0.3, -0.25) is 0 Å². The van der Waals surface area contributed by atoms with E-state index in [1.165, 1.54) is 0 Å². The third-order valence-corrected chi connectivity index (χ3v) is 3.03. The van der Waals surface area contributed by atoms with E-state index >= 15 is 0 Å². The van der Waals surface area contributed by atoms with Gasteiger partial charge in [-0.15, -0.1) is 0 Å². The molecule has 1 aliphatic heterocycles. The summed E-state index contributed by atoms with van der Waals surface area (Å²) in [6, 6.07) is 2.06. The average molecular weight is 221 g/mol. The minimum Gasteiger partial charge on any atom is -0.389 e. The van der Waals surface area contributed by atoms with Crippen LogP contribution in [0.3, 0.4) is 0 Å². The van der Waals surface area contributed by atoms with E-state index in [1.54, 1.807) is 13.1 Å². The van der Waals surface area contributed by atoms with Gasteiger partial charge in [-0.25, -0.2) is 4.98 Å². The molecular weight excluding hydrogens is 202 g/mol. The maximum Gasteiger partial charge on any atom is 0.128 e. The van der Waals surface area contributed by atoms with Crippen molar-refractivity contribution in [1.82, 2.24) is 10.3 Å². The van der Waals surface area contributed by atoms with Crippen LogP contribution >= 0.6 is 0 Å². The molecule has 4 heteroatoms. The highest BCUT2D eigenvalue weighted by molar-refractivity contribution is 5.44. The second kappa shape index (κ2) is 4.80. The molecule has 1 aliphatic rings. The number of aromatic nitrogens is 1. The molecule has 0 bridgehead atoms. The van der Waals surface area contributed by atoms with Gasteiger partial charge in [0.25, 0.3) is 0 Å². The van der Waals surface area contributed by atoms with Crippen LogP contribution < -0.4 is 10.2 Å². The van der Waals surface area contributed by atoms with Gasteiger partial charge in [0, 0.05) is 37.9 Å². The van der Waals surface area contributed by atoms with E-state index in [-0.39, 0.29) is 0 Å². The first-order valence-electron chi connectivity index (χ1n) is 5.79. The Kier molecular flexibility index (Phi) is 3.41. The Morgan fingerprint density at radius 3 is 2.69 bits per heavy atom. The summed E-state index contributed by atoms with van der Waals surface area (Å²) in [7, 11) is 0. The molecular formula is C12H19N3O. The first-order chi connectivity index (χ1) is 7.68. The predicted octanol–water partition coefficient (Wildman–Crippen LogP) is 0.853. The lowest BCUT2D eigenvalue weighted by Crippen LogP contribution is -2.43. The Balaban J connectivity index is 2.19. The zero-order valence-corrected chi connectivity index (χ0v) is 9.90. The van der Waals surface area contributed by atoms with Crippen molar-refractivity contribution in [1.29, 1.82) is 0 Å². The molecule has 0 saturated carbocycles. The number of nitrogens with zero attached hydrogens (tertiary/aromatic N) is 2. The highest BCUT2D eigenvalue weighted by Gasteiger charge is 2.13. The van der Waals surface area contributed by atoms with Crippen molar-refractivity contribution in [3.63, 3.8) is 0 Å². The van der Waals surface area contributed by atoms with E-state index in [0.29, 0.717) is 0 Å². The Bertz CT molecular complexity index is 359. The lowest BCUT2D eigenvalue weighted by atomic mass is 10.1. The third kappa shape index (κ3) is 2.33. The van der Waals surface area contributed by atoms with Crippen LogP contribution in [0.15, 0.2) is 12.3 Å². The summed E-state index contributed by atoms with van der Waals surface area (Å²) in [5, 5.41) is 12.9. The molecule has 0 aromatic carbocycles. The van der Waals surface area contributed by atoms with E-state index in [2.05, 4.69) is 21.3 Å². The summed E-state index contributed by atoms with van der Waals surface area (Å²) in [6.07, 6.45) is 1.35. The lowest BCUT2D eigenvalue weighted by molar-refractivity contribution is 0.198. The summed E-state index contributed by atoms with van der Waals surface area (Å²) >= 11 is 0. The van der Waals surface area contributed by atoms with Crippen LogP contribution in [0.25, 0.3) is 0 Å². The Labute approximate surface area is 96.3 Å². The summed E-state index contributed by atoms with van der Waals surface area (Å²) in [4.78, 5) is 6.70. The zero-order valence-electron chi connectivity index (χ0n) is 9.90. The van der Waals surface area contributed by atoms with Gasteiger partial charge in [0.05, 0.1) is 6.10 Å². The molecule has 0 unspecified atom stereocenters. The molecule has 1 aromatic rings. The SMILES string of the molecule is Cc1cc(N2CCNCC2)ncc1[C@H](C)O. The molecule has 0 aliphatic carbocycles. The highest BCUT2D eigenvalue weighted by atomic mass is 16.3. The summed E-state index contributed by atoms with van der Waals surface area (Å²) in [6.45, 7) is 7.82. The number of hydrogen-bond donors (Lipinski definition) is 2. The quantitative estimate of drug-likeness (QED) is 0.777. The molecule has 0 radical (unpaired) electrons. The van der Waals surface area contributed by atoms with Crippen LogP contribution in [-0.4, -0.2) is 36.3 Å². The predicted molar refractivity (Wildman–Crippen MR) is 64.7 cm³/mol. The molecule has 2 rings (SSSR count). The van der Waals surface area contributed by atoms with E-state index in [4.69, 9.17) is 0 Å². The van der Waals surface area contributed by atoms with Gasteiger partial charge < -0.3 is 15.3 Å². The Morgan fingerprint density at radius 2 is 2.12 bits per heavy atom. The van der Waals surface area contributed by atoms with Crippen LogP contribution in [0.5, 0.6) is 0 Å². The van der Waals surface area contributed by atoms with Gasteiger partial charge >= 0.3 is 0 Å². The summed E-state index contributed by atoms with van der Waals surface area (Å²) in [5.74, 6) is 1.02. The molecule has 0 amide bonds. The second-order valence-corrected chi connectivity index (χ2v) is 4.31. The monoisotopic (exact) mass is 221 g/mol. The zero-order chi connectivity index (χ0) is 11.5. The van der Waals surface area contributed by atoms with E-state index in [1.807, 2.05) is 6.92 Å². The number of rotatable bonds is 2. The lowest BCUT2D eigenvalue weighted by Gasteiger charge is -2.29. The molecule has 1 saturated heterocycles. The van der Waals surface area contributed by atoms with Crippen molar-refractivity contribution >= 4 is 5.82 Å². The Morgan fingerprint density at radius 1 is 1.44 bits per heavy atom. The van der Waals surface area contributed by atoms with E-state index in [0.717, 1.165) is 43.1 Å². The van der Waals surface area contributed by atoms with E-state index in [9.17, 15) is 5.11 Å². The second-order valence-electron chi connectivity index (χ2n) is 4.31. The Hall–Kier alpha value is -1.13. The molecule has 88 valence electrons. The standard InChI is InChI=1S/C12H19N3O/c1-9-7-12(14-8-11(9)10(2)16)15-5-3-13-4-6-15/h7-8,10,13,16H,3-6H2,1-2H3/t10-/m0/s1. The van der Waals surface area contributed by atoms with Crippen LogP contribution in [-0.2, 0) is 0 Å². The molecule has 2 heterocycles. The fraction of sp³-hybridized carbons (Fsp3) is 0.583. The first kappa shape index (κ1) is 11.4. The number of pyridine rings is 1. The number of aliphatic hydroxyl groups excluding tert-OH is 1. The van der Waals surface area contributed by atoms with Crippen LogP contribution in [0.4, 0.5) is 5.82 Å². The summed E-state index contributed by atoms with van der Waals surface area (Å²) < 4.78 is 0. The molecule has 1 atom stereocenters. The minimum atomic E-state index is -0.440. The van der Waals surface area contributed by atoms with E-state index < -0.39 is 6.10 Å². The largest absolute Gasteiger partial charge is 0.389 e. The first-order valence-corrected chi connectivity index (χ1v) is 5.79. The minimum absolute atomic E-state index is 0.440. The topological polar surface area (TPSA) is 48.4 Å². The number of nitrogens with one attached hydrogen (secondary N) is 1. The number of aryl methyl sites for hydroxylation is 1. The number of aliphatic hydroxyl groups is 1. The van der Waals surface area contributed by atoms with Crippen molar-refractivity contribution in [3.8, 4) is 0 Å². The normalized spacial score (nSPS) is 18.6.